The number of unbranched alkanes of at least 4 members (excludes halogenated alkanes) is 13. The number of carbonyl (C=O) groups is 1. The Kier molecular flexibility index (Phi) is 30.4. The molecule has 0 aromatic carbocycles. The predicted molar refractivity (Wildman–Crippen MR) is 133 cm³/mol. The first-order valence-corrected chi connectivity index (χ1v) is 13.1. The van der Waals surface area contributed by atoms with Gasteiger partial charge in [-0.1, -0.05) is 103 Å². The van der Waals surface area contributed by atoms with Crippen LogP contribution in [0, 0.1) is 0 Å². The number of ether oxygens (including phenoxy) is 1. The van der Waals surface area contributed by atoms with Crippen molar-refractivity contribution in [1.82, 2.24) is 0 Å². The molecule has 0 rings (SSSR count). The monoisotopic (exact) mass is 442 g/mol. The van der Waals surface area contributed by atoms with Crippen molar-refractivity contribution in [2.75, 3.05) is 13.7 Å². The van der Waals surface area contributed by atoms with Crippen LogP contribution in [0.5, 0.6) is 0 Å². The van der Waals surface area contributed by atoms with Crippen LogP contribution in [-0.2, 0) is 9.53 Å². The van der Waals surface area contributed by atoms with Gasteiger partial charge in [0.05, 0.1) is 13.2 Å². The Labute approximate surface area is 193 Å². The van der Waals surface area contributed by atoms with Crippen molar-refractivity contribution in [3.63, 3.8) is 0 Å². The lowest BCUT2D eigenvalue weighted by Crippen LogP contribution is -2.04. The zero-order valence-electron chi connectivity index (χ0n) is 21.1. The molecule has 0 aromatic heterocycles. The van der Waals surface area contributed by atoms with Crippen molar-refractivity contribution >= 4 is 5.97 Å². The summed E-state index contributed by atoms with van der Waals surface area (Å²) >= 11 is 0. The van der Waals surface area contributed by atoms with Crippen LogP contribution in [0.25, 0.3) is 0 Å². The molecular formula is C27H54O4. The predicted octanol–water partition coefficient (Wildman–Crippen LogP) is 7.51. The molecule has 0 fully saturated rings. The molecule has 2 N–H and O–H groups in total. The van der Waals surface area contributed by atoms with E-state index < -0.39 is 0 Å². The molecule has 0 aliphatic rings. The van der Waals surface area contributed by atoms with E-state index in [0.717, 1.165) is 44.9 Å². The van der Waals surface area contributed by atoms with Crippen molar-refractivity contribution in [2.24, 2.45) is 0 Å². The highest BCUT2D eigenvalue weighted by Crippen LogP contribution is 2.10. The zero-order valence-corrected chi connectivity index (χ0v) is 21.1. The van der Waals surface area contributed by atoms with Gasteiger partial charge in [-0.2, -0.15) is 0 Å². The summed E-state index contributed by atoms with van der Waals surface area (Å²) in [7, 11) is 1.44. The van der Waals surface area contributed by atoms with Gasteiger partial charge in [0, 0.05) is 13.0 Å². The van der Waals surface area contributed by atoms with Crippen LogP contribution in [0.1, 0.15) is 136 Å². The average Bonchev–Trinajstić information content (AvgIpc) is 2.78. The number of esters is 1. The van der Waals surface area contributed by atoms with Crippen LogP contribution in [0.2, 0.25) is 0 Å². The van der Waals surface area contributed by atoms with Crippen molar-refractivity contribution in [2.45, 2.75) is 142 Å². The Morgan fingerprint density at radius 3 is 1.94 bits per heavy atom. The Morgan fingerprint density at radius 2 is 1.32 bits per heavy atom. The number of allylic oxidation sites excluding steroid dienone is 1. The second-order valence-corrected chi connectivity index (χ2v) is 8.58. The summed E-state index contributed by atoms with van der Waals surface area (Å²) in [6.45, 7) is 4.79. The van der Waals surface area contributed by atoms with Crippen LogP contribution in [0.3, 0.4) is 0 Å². The standard InChI is InChI=1S/C19H36O3.C8H18O/c1-3-4-5-12-15-18(20)16-13-10-8-6-7-9-11-14-17-19(21)22-2;1-2-3-4-5-6-7-8-9/h10,13,18,20H,3-9,11-12,14-17H2,1-2H3;9H,2-8H2,1H3/b13-10-;/t18-;/m1./s1. The SMILES string of the molecule is CCCCCCCCO.CCCCCC[C@@H](O)C/C=C\CCCCCCCC(=O)OC. The highest BCUT2D eigenvalue weighted by atomic mass is 16.5. The van der Waals surface area contributed by atoms with Gasteiger partial charge in [0.1, 0.15) is 0 Å². The molecule has 0 saturated carbocycles. The minimum atomic E-state index is -0.161. The van der Waals surface area contributed by atoms with Gasteiger partial charge in [0.2, 0.25) is 0 Å². The highest BCUT2D eigenvalue weighted by Gasteiger charge is 2.01. The molecule has 4 heteroatoms. The fraction of sp³-hybridized carbons (Fsp3) is 0.889. The largest absolute Gasteiger partial charge is 0.469 e. The second-order valence-electron chi connectivity index (χ2n) is 8.58. The average molecular weight is 443 g/mol. The summed E-state index contributed by atoms with van der Waals surface area (Å²) in [6.07, 6.45) is 25.6. The fourth-order valence-electron chi connectivity index (χ4n) is 3.35. The number of hydrogen-bond donors (Lipinski definition) is 2. The number of rotatable bonds is 21. The molecule has 0 heterocycles. The van der Waals surface area contributed by atoms with Crippen molar-refractivity contribution < 1.29 is 19.7 Å². The topological polar surface area (TPSA) is 66.8 Å². The minimum Gasteiger partial charge on any atom is -0.469 e. The van der Waals surface area contributed by atoms with Gasteiger partial charge >= 0.3 is 5.97 Å². The van der Waals surface area contributed by atoms with Crippen molar-refractivity contribution in [1.29, 1.82) is 0 Å². The maximum atomic E-state index is 10.9. The van der Waals surface area contributed by atoms with E-state index in [0.29, 0.717) is 13.0 Å². The van der Waals surface area contributed by atoms with Gasteiger partial charge in [-0.15, -0.1) is 0 Å². The Bertz CT molecular complexity index is 362. The summed E-state index contributed by atoms with van der Waals surface area (Å²) in [5.74, 6) is -0.101. The van der Waals surface area contributed by atoms with Gasteiger partial charge in [-0.25, -0.2) is 0 Å². The molecule has 0 aliphatic heterocycles. The number of methoxy groups -OCH3 is 1. The van der Waals surface area contributed by atoms with Crippen molar-refractivity contribution in [3.8, 4) is 0 Å². The smallest absolute Gasteiger partial charge is 0.305 e. The van der Waals surface area contributed by atoms with E-state index in [1.807, 2.05) is 0 Å². The lowest BCUT2D eigenvalue weighted by molar-refractivity contribution is -0.140. The fourth-order valence-corrected chi connectivity index (χ4v) is 3.35. The van der Waals surface area contributed by atoms with E-state index in [1.54, 1.807) is 0 Å². The first-order chi connectivity index (χ1) is 15.1. The summed E-state index contributed by atoms with van der Waals surface area (Å²) in [5.41, 5.74) is 0. The lowest BCUT2D eigenvalue weighted by Gasteiger charge is -2.07. The third-order valence-corrected chi connectivity index (χ3v) is 5.46. The number of aliphatic hydroxyl groups excluding tert-OH is 2. The van der Waals surface area contributed by atoms with Crippen LogP contribution in [0.15, 0.2) is 12.2 Å². The normalized spacial score (nSPS) is 11.9. The van der Waals surface area contributed by atoms with E-state index in [-0.39, 0.29) is 12.1 Å². The van der Waals surface area contributed by atoms with Crippen LogP contribution in [0.4, 0.5) is 0 Å². The molecule has 0 amide bonds. The summed E-state index contributed by atoms with van der Waals surface area (Å²) in [5, 5.41) is 18.2. The molecule has 0 aliphatic carbocycles. The van der Waals surface area contributed by atoms with E-state index >= 15 is 0 Å². The number of hydrogen-bond acceptors (Lipinski definition) is 4. The molecule has 186 valence electrons. The third-order valence-electron chi connectivity index (χ3n) is 5.46. The first kappa shape index (κ1) is 32.3. The van der Waals surface area contributed by atoms with Crippen molar-refractivity contribution in [3.05, 3.63) is 12.2 Å². The van der Waals surface area contributed by atoms with E-state index in [2.05, 4.69) is 30.7 Å². The molecule has 0 spiro atoms. The molecule has 0 unspecified atom stereocenters. The molecule has 0 bridgehead atoms. The number of carbonyl (C=O) groups excluding carboxylic acids is 1. The van der Waals surface area contributed by atoms with Gasteiger partial charge in [-0.05, 0) is 38.5 Å². The van der Waals surface area contributed by atoms with E-state index in [1.165, 1.54) is 77.7 Å². The molecule has 0 saturated heterocycles. The Hall–Kier alpha value is -0.870. The Morgan fingerprint density at radius 1 is 0.774 bits per heavy atom. The summed E-state index contributed by atoms with van der Waals surface area (Å²) in [6, 6.07) is 0. The van der Waals surface area contributed by atoms with Crippen LogP contribution >= 0.6 is 0 Å². The third kappa shape index (κ3) is 31.4. The Balaban J connectivity index is 0. The molecule has 31 heavy (non-hydrogen) atoms. The molecule has 4 nitrogen and oxygen atoms in total. The highest BCUT2D eigenvalue weighted by molar-refractivity contribution is 5.68. The molecular weight excluding hydrogens is 388 g/mol. The number of aliphatic hydroxyl groups is 2. The zero-order chi connectivity index (χ0) is 23.4. The summed E-state index contributed by atoms with van der Waals surface area (Å²) < 4.78 is 4.61. The van der Waals surface area contributed by atoms with Crippen LogP contribution < -0.4 is 0 Å². The lowest BCUT2D eigenvalue weighted by atomic mass is 10.1. The van der Waals surface area contributed by atoms with E-state index in [4.69, 9.17) is 5.11 Å². The van der Waals surface area contributed by atoms with E-state index in [9.17, 15) is 9.90 Å². The van der Waals surface area contributed by atoms with Gasteiger partial charge in [0.25, 0.3) is 0 Å². The minimum absolute atomic E-state index is 0.101. The van der Waals surface area contributed by atoms with Gasteiger partial charge in [0.15, 0.2) is 0 Å². The van der Waals surface area contributed by atoms with Crippen LogP contribution in [-0.4, -0.2) is 36.0 Å². The quantitative estimate of drug-likeness (QED) is 0.110. The maximum Gasteiger partial charge on any atom is 0.305 e. The van der Waals surface area contributed by atoms with Gasteiger partial charge in [-0.3, -0.25) is 4.79 Å². The molecule has 0 aromatic rings. The second kappa shape index (κ2) is 29.1. The molecule has 0 radical (unpaired) electrons. The summed E-state index contributed by atoms with van der Waals surface area (Å²) in [4.78, 5) is 10.9. The first-order valence-electron chi connectivity index (χ1n) is 13.1. The van der Waals surface area contributed by atoms with Gasteiger partial charge < -0.3 is 14.9 Å². The maximum absolute atomic E-state index is 10.9. The molecule has 1 atom stereocenters.